The van der Waals surface area contributed by atoms with Crippen molar-refractivity contribution in [2.75, 3.05) is 36.9 Å². The lowest BCUT2D eigenvalue weighted by atomic mass is 10.1. The first-order chi connectivity index (χ1) is 12.7. The molecular weight excluding hydrogens is 330 g/mol. The summed E-state index contributed by atoms with van der Waals surface area (Å²) >= 11 is 0. The Kier molecular flexibility index (Phi) is 4.66. The van der Waals surface area contributed by atoms with Crippen molar-refractivity contribution < 1.29 is 4.79 Å². The molecule has 136 valence electrons. The van der Waals surface area contributed by atoms with Gasteiger partial charge in [-0.3, -0.25) is 9.78 Å². The van der Waals surface area contributed by atoms with Gasteiger partial charge >= 0.3 is 0 Å². The Balaban J connectivity index is 1.62. The second-order valence-corrected chi connectivity index (χ2v) is 6.72. The highest BCUT2D eigenvalue weighted by atomic mass is 16.2. The Hall–Kier alpha value is -2.74. The molecule has 4 rings (SSSR count). The number of hydrogen-bond acceptors (Lipinski definition) is 7. The van der Waals surface area contributed by atoms with Gasteiger partial charge in [-0.05, 0) is 25.1 Å². The first-order valence-corrected chi connectivity index (χ1v) is 8.91. The Morgan fingerprint density at radius 3 is 2.96 bits per heavy atom. The van der Waals surface area contributed by atoms with Crippen LogP contribution in [0, 0.1) is 0 Å². The predicted octanol–water partition coefficient (Wildman–Crippen LogP) is 0.624. The third-order valence-corrected chi connectivity index (χ3v) is 4.94. The molecule has 2 aliphatic heterocycles. The van der Waals surface area contributed by atoms with Crippen LogP contribution in [0.15, 0.2) is 30.7 Å². The highest BCUT2D eigenvalue weighted by Gasteiger charge is 2.32. The van der Waals surface area contributed by atoms with Crippen molar-refractivity contribution in [3.8, 4) is 0 Å². The van der Waals surface area contributed by atoms with Crippen LogP contribution in [-0.4, -0.2) is 58.5 Å². The average Bonchev–Trinajstić information content (AvgIpc) is 3.15. The summed E-state index contributed by atoms with van der Waals surface area (Å²) in [6.07, 6.45) is 4.31. The van der Waals surface area contributed by atoms with Crippen molar-refractivity contribution in [1.82, 2.24) is 25.2 Å². The summed E-state index contributed by atoms with van der Waals surface area (Å²) < 4.78 is 0. The fraction of sp³-hybridized carbons (Fsp3) is 0.444. The summed E-state index contributed by atoms with van der Waals surface area (Å²) in [5, 5.41) is 6.71. The minimum Gasteiger partial charge on any atom is -0.364 e. The van der Waals surface area contributed by atoms with Crippen LogP contribution in [0.3, 0.4) is 0 Å². The van der Waals surface area contributed by atoms with Gasteiger partial charge in [0.05, 0.1) is 30.9 Å². The van der Waals surface area contributed by atoms with Gasteiger partial charge in [0, 0.05) is 25.8 Å². The standard InChI is InChI=1S/C18H23N7O/c1-24-11-16(26)25(14-5-7-19-9-14)10-15-17(22-12-23-18(15)24)21-8-13-4-2-3-6-20-13/h2-4,6,12,14,19H,5,7-11H2,1H3,(H,21,22,23). The highest BCUT2D eigenvalue weighted by molar-refractivity contribution is 5.84. The van der Waals surface area contributed by atoms with Crippen LogP contribution in [-0.2, 0) is 17.9 Å². The fourth-order valence-electron chi connectivity index (χ4n) is 3.57. The molecule has 2 aliphatic rings. The molecule has 1 saturated heterocycles. The number of anilines is 2. The molecule has 0 spiro atoms. The molecule has 4 heterocycles. The third kappa shape index (κ3) is 3.32. The second-order valence-electron chi connectivity index (χ2n) is 6.72. The number of rotatable bonds is 4. The molecule has 1 fully saturated rings. The fourth-order valence-corrected chi connectivity index (χ4v) is 3.57. The Morgan fingerprint density at radius 1 is 1.27 bits per heavy atom. The van der Waals surface area contributed by atoms with Gasteiger partial charge in [-0.25, -0.2) is 9.97 Å². The van der Waals surface area contributed by atoms with E-state index < -0.39 is 0 Å². The van der Waals surface area contributed by atoms with Crippen LogP contribution in [0.25, 0.3) is 0 Å². The minimum atomic E-state index is 0.134. The van der Waals surface area contributed by atoms with E-state index in [9.17, 15) is 4.79 Å². The van der Waals surface area contributed by atoms with Crippen LogP contribution in [0.1, 0.15) is 17.7 Å². The molecule has 1 amide bonds. The van der Waals surface area contributed by atoms with Crippen LogP contribution in [0.5, 0.6) is 0 Å². The molecule has 2 aromatic heterocycles. The normalized spacial score (nSPS) is 20.0. The Labute approximate surface area is 152 Å². The molecule has 26 heavy (non-hydrogen) atoms. The molecule has 2 N–H and O–H groups in total. The monoisotopic (exact) mass is 353 g/mol. The maximum Gasteiger partial charge on any atom is 0.242 e. The molecular formula is C18H23N7O. The molecule has 1 unspecified atom stereocenters. The Bertz CT molecular complexity index is 776. The van der Waals surface area contributed by atoms with Crippen molar-refractivity contribution in [2.24, 2.45) is 0 Å². The number of carbonyl (C=O) groups is 1. The lowest BCUT2D eigenvalue weighted by molar-refractivity contribution is -0.132. The van der Waals surface area contributed by atoms with Gasteiger partial charge in [-0.2, -0.15) is 0 Å². The number of likely N-dealkylation sites (N-methyl/N-ethyl adjacent to an activating group) is 1. The van der Waals surface area contributed by atoms with Crippen LogP contribution in [0.4, 0.5) is 11.6 Å². The quantitative estimate of drug-likeness (QED) is 0.833. The number of aromatic nitrogens is 3. The number of carbonyl (C=O) groups excluding carboxylic acids is 1. The molecule has 1 atom stereocenters. The van der Waals surface area contributed by atoms with Crippen molar-refractivity contribution in [1.29, 1.82) is 0 Å². The van der Waals surface area contributed by atoms with Crippen molar-refractivity contribution in [2.45, 2.75) is 25.6 Å². The largest absolute Gasteiger partial charge is 0.364 e. The van der Waals surface area contributed by atoms with Gasteiger partial charge in [0.2, 0.25) is 5.91 Å². The summed E-state index contributed by atoms with van der Waals surface area (Å²) in [6, 6.07) is 6.06. The van der Waals surface area contributed by atoms with E-state index in [0.29, 0.717) is 19.6 Å². The predicted molar refractivity (Wildman–Crippen MR) is 98.7 cm³/mol. The number of amides is 1. The number of hydrogen-bond donors (Lipinski definition) is 2. The van der Waals surface area contributed by atoms with Crippen molar-refractivity contribution >= 4 is 17.5 Å². The van der Waals surface area contributed by atoms with E-state index in [-0.39, 0.29) is 11.9 Å². The molecule has 2 aromatic rings. The lowest BCUT2D eigenvalue weighted by Gasteiger charge is -2.27. The zero-order valence-corrected chi connectivity index (χ0v) is 14.9. The summed E-state index contributed by atoms with van der Waals surface area (Å²) in [4.78, 5) is 29.8. The number of nitrogens with one attached hydrogen (secondary N) is 2. The number of nitrogens with zero attached hydrogens (tertiary/aromatic N) is 5. The van der Waals surface area contributed by atoms with Gasteiger partial charge in [-0.15, -0.1) is 0 Å². The molecule has 8 nitrogen and oxygen atoms in total. The van der Waals surface area contributed by atoms with Gasteiger partial charge in [0.15, 0.2) is 0 Å². The molecule has 0 saturated carbocycles. The first kappa shape index (κ1) is 16.7. The van der Waals surface area contributed by atoms with Crippen molar-refractivity contribution in [3.05, 3.63) is 42.0 Å². The smallest absolute Gasteiger partial charge is 0.242 e. The van der Waals surface area contributed by atoms with Crippen LogP contribution in [0.2, 0.25) is 0 Å². The SMILES string of the molecule is CN1CC(=O)N(C2CCNC2)Cc2c(NCc3ccccn3)ncnc21. The Morgan fingerprint density at radius 2 is 2.19 bits per heavy atom. The van der Waals surface area contributed by atoms with Crippen LogP contribution >= 0.6 is 0 Å². The first-order valence-electron chi connectivity index (χ1n) is 8.91. The highest BCUT2D eigenvalue weighted by Crippen LogP contribution is 2.29. The minimum absolute atomic E-state index is 0.134. The van der Waals surface area contributed by atoms with Gasteiger partial charge < -0.3 is 20.4 Å². The summed E-state index contributed by atoms with van der Waals surface area (Å²) in [7, 11) is 1.91. The van der Waals surface area contributed by atoms with E-state index in [1.165, 1.54) is 0 Å². The van der Waals surface area contributed by atoms with E-state index in [0.717, 1.165) is 42.4 Å². The molecule has 8 heteroatoms. The lowest BCUT2D eigenvalue weighted by Crippen LogP contribution is -2.43. The van der Waals surface area contributed by atoms with Crippen LogP contribution < -0.4 is 15.5 Å². The molecule has 0 aliphatic carbocycles. The van der Waals surface area contributed by atoms with E-state index in [2.05, 4.69) is 25.6 Å². The zero-order valence-electron chi connectivity index (χ0n) is 14.9. The summed E-state index contributed by atoms with van der Waals surface area (Å²) in [5.74, 6) is 1.71. The average molecular weight is 353 g/mol. The zero-order chi connectivity index (χ0) is 17.9. The van der Waals surface area contributed by atoms with E-state index >= 15 is 0 Å². The van der Waals surface area contributed by atoms with E-state index in [4.69, 9.17) is 0 Å². The summed E-state index contributed by atoms with van der Waals surface area (Å²) in [5.41, 5.74) is 1.90. The van der Waals surface area contributed by atoms with E-state index in [1.807, 2.05) is 35.0 Å². The molecule has 0 aromatic carbocycles. The maximum atomic E-state index is 12.7. The number of pyridine rings is 1. The van der Waals surface area contributed by atoms with Crippen molar-refractivity contribution in [3.63, 3.8) is 0 Å². The second kappa shape index (κ2) is 7.25. The molecule has 0 radical (unpaired) electrons. The van der Waals surface area contributed by atoms with Gasteiger partial charge in [0.25, 0.3) is 0 Å². The summed E-state index contributed by atoms with van der Waals surface area (Å²) in [6.45, 7) is 3.23. The molecule has 0 bridgehead atoms. The van der Waals surface area contributed by atoms with E-state index in [1.54, 1.807) is 12.5 Å². The maximum absolute atomic E-state index is 12.7. The van der Waals surface area contributed by atoms with Gasteiger partial charge in [-0.1, -0.05) is 6.07 Å². The number of fused-ring (bicyclic) bond motifs is 1. The third-order valence-electron chi connectivity index (χ3n) is 4.94. The topological polar surface area (TPSA) is 86.3 Å². The van der Waals surface area contributed by atoms with Gasteiger partial charge in [0.1, 0.15) is 18.0 Å².